The Morgan fingerprint density at radius 1 is 0.655 bits per heavy atom. The maximum atomic E-state index is 12.5. The Kier molecular flexibility index (Phi) is 9.10. The first-order chi connectivity index (χ1) is 13.5. The molecule has 2 atom stereocenters. The van der Waals surface area contributed by atoms with Crippen LogP contribution in [0.15, 0.2) is 60.7 Å². The predicted molar refractivity (Wildman–Crippen MR) is 124 cm³/mol. The zero-order chi connectivity index (χ0) is 21.7. The molecule has 2 N–H and O–H groups in total. The number of alkyl halides is 6. The summed E-state index contributed by atoms with van der Waals surface area (Å²) in [4.78, 5) is 25.0. The lowest BCUT2D eigenvalue weighted by molar-refractivity contribution is 0.0945. The predicted octanol–water partition coefficient (Wildman–Crippen LogP) is 5.97. The highest BCUT2D eigenvalue weighted by molar-refractivity contribution is 8.01. The molecule has 156 valence electrons. The molecule has 0 spiro atoms. The van der Waals surface area contributed by atoms with E-state index in [1.165, 1.54) is 0 Å². The second kappa shape index (κ2) is 10.7. The van der Waals surface area contributed by atoms with E-state index in [0.717, 1.165) is 11.8 Å². The summed E-state index contributed by atoms with van der Waals surface area (Å²) < 4.78 is -3.92. The van der Waals surface area contributed by atoms with Gasteiger partial charge in [0.15, 0.2) is 0 Å². The summed E-state index contributed by atoms with van der Waals surface area (Å²) >= 11 is 37.0. The van der Waals surface area contributed by atoms with Gasteiger partial charge in [0.2, 0.25) is 7.59 Å². The summed E-state index contributed by atoms with van der Waals surface area (Å²) in [6.45, 7) is 0. The van der Waals surface area contributed by atoms with Crippen LogP contribution in [0.2, 0.25) is 0 Å². The molecule has 0 radical (unpaired) electrons. The summed E-state index contributed by atoms with van der Waals surface area (Å²) in [6, 6.07) is 16.7. The van der Waals surface area contributed by atoms with Gasteiger partial charge in [-0.15, -0.1) is 11.8 Å². The quantitative estimate of drug-likeness (QED) is 0.354. The van der Waals surface area contributed by atoms with Gasteiger partial charge in [0.25, 0.3) is 11.8 Å². The molecule has 4 nitrogen and oxygen atoms in total. The number of hydrogen-bond donors (Lipinski definition) is 2. The fourth-order valence-corrected chi connectivity index (χ4v) is 4.29. The van der Waals surface area contributed by atoms with Gasteiger partial charge in [0.1, 0.15) is 10.7 Å². The van der Waals surface area contributed by atoms with Gasteiger partial charge >= 0.3 is 0 Å². The van der Waals surface area contributed by atoms with E-state index in [2.05, 4.69) is 10.6 Å². The maximum absolute atomic E-state index is 12.5. The Hall–Kier alpha value is -0.530. The third kappa shape index (κ3) is 7.91. The second-order valence-corrected chi connectivity index (χ2v) is 11.6. The van der Waals surface area contributed by atoms with Crippen molar-refractivity contribution in [3.63, 3.8) is 0 Å². The van der Waals surface area contributed by atoms with Crippen LogP contribution in [0.1, 0.15) is 20.7 Å². The van der Waals surface area contributed by atoms with E-state index in [0.29, 0.717) is 11.1 Å². The van der Waals surface area contributed by atoms with Crippen molar-refractivity contribution in [3.05, 3.63) is 71.8 Å². The molecular formula is C18H14Cl6N2O2S. The van der Waals surface area contributed by atoms with Crippen molar-refractivity contribution in [1.82, 2.24) is 10.6 Å². The third-order valence-electron chi connectivity index (χ3n) is 3.46. The van der Waals surface area contributed by atoms with Gasteiger partial charge in [-0.3, -0.25) is 9.59 Å². The average Bonchev–Trinajstić information content (AvgIpc) is 2.66. The standard InChI is InChI=1S/C18H14Cl6N2O2S/c19-17(20,21)15(25-13(27)11-7-3-1-4-8-11)29-16(18(22,23)24)26-14(28)12-9-5-2-6-10-12/h1-10,15-16H,(H,25,27)(H,26,28)/t15-,16-/m1/s1. The largest absolute Gasteiger partial charge is 0.336 e. The molecule has 2 amide bonds. The number of thioether (sulfide) groups is 1. The number of halogens is 6. The average molecular weight is 535 g/mol. The number of hydrogen-bond acceptors (Lipinski definition) is 3. The molecule has 2 aromatic carbocycles. The Labute approximate surface area is 202 Å². The zero-order valence-electron chi connectivity index (χ0n) is 14.4. The molecule has 0 aliphatic carbocycles. The Bertz CT molecular complexity index is 758. The fraction of sp³-hybridized carbons (Fsp3) is 0.222. The molecule has 29 heavy (non-hydrogen) atoms. The molecule has 0 bridgehead atoms. The summed E-state index contributed by atoms with van der Waals surface area (Å²) in [5, 5.41) is 2.90. The minimum Gasteiger partial charge on any atom is -0.336 e. The number of carbonyl (C=O) groups excluding carboxylic acids is 2. The van der Waals surface area contributed by atoms with Crippen LogP contribution in [0, 0.1) is 0 Å². The monoisotopic (exact) mass is 532 g/mol. The van der Waals surface area contributed by atoms with Crippen LogP contribution in [0.25, 0.3) is 0 Å². The van der Waals surface area contributed by atoms with Gasteiger partial charge in [-0.1, -0.05) is 106 Å². The first-order valence-electron chi connectivity index (χ1n) is 7.99. The van der Waals surface area contributed by atoms with E-state index in [4.69, 9.17) is 69.6 Å². The molecule has 0 aromatic heterocycles. The Balaban J connectivity index is 2.20. The van der Waals surface area contributed by atoms with Crippen molar-refractivity contribution in [2.75, 3.05) is 0 Å². The molecule has 2 aromatic rings. The molecule has 0 saturated heterocycles. The first kappa shape index (κ1) is 24.7. The van der Waals surface area contributed by atoms with Crippen molar-refractivity contribution in [3.8, 4) is 0 Å². The van der Waals surface area contributed by atoms with Crippen molar-refractivity contribution in [1.29, 1.82) is 0 Å². The van der Waals surface area contributed by atoms with Crippen LogP contribution in [-0.4, -0.2) is 30.1 Å². The highest BCUT2D eigenvalue weighted by atomic mass is 35.6. The van der Waals surface area contributed by atoms with E-state index in [1.54, 1.807) is 60.7 Å². The highest BCUT2D eigenvalue weighted by Gasteiger charge is 2.43. The summed E-state index contributed by atoms with van der Waals surface area (Å²) in [6.07, 6.45) is 0. The lowest BCUT2D eigenvalue weighted by Gasteiger charge is -2.32. The van der Waals surface area contributed by atoms with Crippen molar-refractivity contribution >= 4 is 93.2 Å². The molecule has 2 rings (SSSR count). The molecule has 0 saturated carbocycles. The summed E-state index contributed by atoms with van der Waals surface area (Å²) in [5.74, 6) is -0.987. The van der Waals surface area contributed by atoms with Gasteiger partial charge in [-0.25, -0.2) is 0 Å². The number of rotatable bonds is 6. The molecule has 11 heteroatoms. The highest BCUT2D eigenvalue weighted by Crippen LogP contribution is 2.43. The van der Waals surface area contributed by atoms with Crippen molar-refractivity contribution < 1.29 is 9.59 Å². The van der Waals surface area contributed by atoms with Crippen molar-refractivity contribution in [2.45, 2.75) is 18.3 Å². The molecular weight excluding hydrogens is 521 g/mol. The van der Waals surface area contributed by atoms with Gasteiger partial charge in [-0.2, -0.15) is 0 Å². The minimum atomic E-state index is -1.96. The molecule has 0 aliphatic rings. The topological polar surface area (TPSA) is 58.2 Å². The van der Waals surface area contributed by atoms with E-state index in [9.17, 15) is 9.59 Å². The van der Waals surface area contributed by atoms with Gasteiger partial charge in [0.05, 0.1) is 0 Å². The van der Waals surface area contributed by atoms with E-state index in [-0.39, 0.29) is 0 Å². The van der Waals surface area contributed by atoms with Crippen LogP contribution < -0.4 is 10.6 Å². The van der Waals surface area contributed by atoms with E-state index >= 15 is 0 Å². The molecule has 0 heterocycles. The Morgan fingerprint density at radius 3 is 1.24 bits per heavy atom. The van der Waals surface area contributed by atoms with Crippen LogP contribution in [-0.2, 0) is 0 Å². The van der Waals surface area contributed by atoms with Gasteiger partial charge < -0.3 is 10.6 Å². The van der Waals surface area contributed by atoms with Gasteiger partial charge in [0, 0.05) is 11.1 Å². The lowest BCUT2D eigenvalue weighted by atomic mass is 10.2. The van der Waals surface area contributed by atoms with E-state index < -0.39 is 30.1 Å². The van der Waals surface area contributed by atoms with E-state index in [1.807, 2.05) is 0 Å². The maximum Gasteiger partial charge on any atom is 0.252 e. The SMILES string of the molecule is O=C(N[C@H](S[C@@H](NC(=O)c1ccccc1)C(Cl)(Cl)Cl)C(Cl)(Cl)Cl)c1ccccc1. The summed E-state index contributed by atoms with van der Waals surface area (Å²) in [5.41, 5.74) is 0.706. The zero-order valence-corrected chi connectivity index (χ0v) is 19.8. The van der Waals surface area contributed by atoms with Crippen LogP contribution >= 0.6 is 81.4 Å². The number of benzene rings is 2. The second-order valence-electron chi connectivity index (χ2n) is 5.66. The van der Waals surface area contributed by atoms with Crippen LogP contribution in [0.5, 0.6) is 0 Å². The number of carbonyl (C=O) groups is 2. The smallest absolute Gasteiger partial charge is 0.252 e. The Morgan fingerprint density at radius 2 is 0.966 bits per heavy atom. The van der Waals surface area contributed by atoms with Crippen molar-refractivity contribution in [2.24, 2.45) is 0 Å². The molecule has 0 fully saturated rings. The molecule has 0 unspecified atom stereocenters. The first-order valence-corrected chi connectivity index (χ1v) is 11.2. The normalized spacial score (nSPS) is 14.0. The number of amides is 2. The summed E-state index contributed by atoms with van der Waals surface area (Å²) in [7, 11) is 0. The lowest BCUT2D eigenvalue weighted by Crippen LogP contribution is -2.48. The number of nitrogens with one attached hydrogen (secondary N) is 2. The van der Waals surface area contributed by atoms with Crippen LogP contribution in [0.3, 0.4) is 0 Å². The minimum absolute atomic E-state index is 0.353. The molecule has 0 aliphatic heterocycles. The third-order valence-corrected chi connectivity index (χ3v) is 7.04. The fourth-order valence-electron chi connectivity index (χ4n) is 2.11. The van der Waals surface area contributed by atoms with Gasteiger partial charge in [-0.05, 0) is 24.3 Å². The van der Waals surface area contributed by atoms with Crippen LogP contribution in [0.4, 0.5) is 0 Å².